The molecule has 2 aromatic rings. The predicted molar refractivity (Wildman–Crippen MR) is 164 cm³/mol. The van der Waals surface area contributed by atoms with Crippen LogP contribution in [0.3, 0.4) is 0 Å². The molecule has 0 saturated carbocycles. The molecule has 0 unspecified atom stereocenters. The predicted octanol–water partition coefficient (Wildman–Crippen LogP) is 3.84. The van der Waals surface area contributed by atoms with E-state index < -0.39 is 5.92 Å². The van der Waals surface area contributed by atoms with Gasteiger partial charge in [-0.15, -0.1) is 11.3 Å². The van der Waals surface area contributed by atoms with E-state index in [1.165, 1.54) is 5.56 Å². The number of fused-ring (bicyclic) bond motifs is 1. The lowest BCUT2D eigenvalue weighted by atomic mass is 9.91. The van der Waals surface area contributed by atoms with Crippen molar-refractivity contribution in [3.63, 3.8) is 0 Å². The van der Waals surface area contributed by atoms with E-state index in [9.17, 15) is 14.4 Å². The maximum absolute atomic E-state index is 13.6. The molecule has 1 aliphatic heterocycles. The van der Waals surface area contributed by atoms with Crippen molar-refractivity contribution in [2.75, 3.05) is 46.8 Å². The number of thiazole rings is 1. The maximum atomic E-state index is 13.6. The fraction of sp³-hybridized carbons (Fsp3) is 0.613. The third-order valence-electron chi connectivity index (χ3n) is 8.15. The van der Waals surface area contributed by atoms with Crippen molar-refractivity contribution in [1.29, 1.82) is 0 Å². The summed E-state index contributed by atoms with van der Waals surface area (Å²) in [5.74, 6) is -0.626. The van der Waals surface area contributed by atoms with Crippen molar-refractivity contribution < 1.29 is 14.4 Å². The fourth-order valence-corrected chi connectivity index (χ4v) is 6.14. The SMILES string of the molecule is C=C(CN1CCN(C)CC1)C(=O)CC[C@@H](NC(=O)[C@@H](CC(=O)NC)Cc1nc2ccc(CC)cc2s1)[C@@H](C)CC. The Morgan fingerprint density at radius 3 is 2.52 bits per heavy atom. The van der Waals surface area contributed by atoms with Crippen LogP contribution in [0, 0.1) is 11.8 Å². The molecule has 8 nitrogen and oxygen atoms in total. The monoisotopic (exact) mass is 569 g/mol. The number of nitrogens with zero attached hydrogens (tertiary/aromatic N) is 3. The first-order valence-electron chi connectivity index (χ1n) is 14.6. The first-order valence-corrected chi connectivity index (χ1v) is 15.5. The van der Waals surface area contributed by atoms with E-state index in [-0.39, 0.29) is 36.0 Å². The highest BCUT2D eigenvalue weighted by Crippen LogP contribution is 2.27. The van der Waals surface area contributed by atoms with Gasteiger partial charge in [-0.25, -0.2) is 4.98 Å². The van der Waals surface area contributed by atoms with Gasteiger partial charge in [0, 0.05) is 70.6 Å². The number of hydrogen-bond donors (Lipinski definition) is 2. The van der Waals surface area contributed by atoms with Crippen molar-refractivity contribution in [2.45, 2.75) is 65.3 Å². The van der Waals surface area contributed by atoms with Crippen LogP contribution >= 0.6 is 11.3 Å². The second kappa shape index (κ2) is 15.4. The summed E-state index contributed by atoms with van der Waals surface area (Å²) < 4.78 is 1.10. The van der Waals surface area contributed by atoms with Gasteiger partial charge in [-0.3, -0.25) is 19.3 Å². The van der Waals surface area contributed by atoms with Crippen LogP contribution in [-0.4, -0.2) is 85.2 Å². The van der Waals surface area contributed by atoms with Gasteiger partial charge in [0.25, 0.3) is 0 Å². The van der Waals surface area contributed by atoms with Gasteiger partial charge in [0.2, 0.25) is 11.8 Å². The normalized spacial score (nSPS) is 16.8. The molecule has 1 fully saturated rings. The number of likely N-dealkylation sites (N-methyl/N-ethyl adjacent to an activating group) is 1. The minimum Gasteiger partial charge on any atom is -0.359 e. The fourth-order valence-electron chi connectivity index (χ4n) is 5.03. The Hall–Kier alpha value is -2.62. The first-order chi connectivity index (χ1) is 19.1. The quantitative estimate of drug-likeness (QED) is 0.317. The Kier molecular flexibility index (Phi) is 12.3. The number of amides is 2. The van der Waals surface area contributed by atoms with E-state index in [2.05, 4.69) is 67.0 Å². The second-order valence-electron chi connectivity index (χ2n) is 11.2. The zero-order valence-corrected chi connectivity index (χ0v) is 25.7. The summed E-state index contributed by atoms with van der Waals surface area (Å²) in [6, 6.07) is 6.10. The van der Waals surface area contributed by atoms with E-state index in [4.69, 9.17) is 4.98 Å². The molecular formula is C31H47N5O3S. The lowest BCUT2D eigenvalue weighted by molar-refractivity contribution is -0.131. The van der Waals surface area contributed by atoms with Gasteiger partial charge >= 0.3 is 0 Å². The van der Waals surface area contributed by atoms with Gasteiger partial charge in [0.1, 0.15) is 0 Å². The molecular weight excluding hydrogens is 522 g/mol. The largest absolute Gasteiger partial charge is 0.359 e. The zero-order valence-electron chi connectivity index (χ0n) is 24.9. The molecule has 1 saturated heterocycles. The molecule has 3 atom stereocenters. The number of aryl methyl sites for hydroxylation is 1. The number of piperazine rings is 1. The minimum atomic E-state index is -0.541. The Bertz CT molecular complexity index is 1170. The molecule has 0 aliphatic carbocycles. The third-order valence-corrected chi connectivity index (χ3v) is 9.19. The van der Waals surface area contributed by atoms with Gasteiger partial charge in [-0.05, 0) is 43.5 Å². The summed E-state index contributed by atoms with van der Waals surface area (Å²) in [7, 11) is 3.70. The number of carbonyl (C=O) groups is 3. The van der Waals surface area contributed by atoms with Crippen molar-refractivity contribution in [1.82, 2.24) is 25.4 Å². The number of ketones is 1. The highest BCUT2D eigenvalue weighted by atomic mass is 32.1. The van der Waals surface area contributed by atoms with Crippen LogP contribution in [0.25, 0.3) is 10.2 Å². The van der Waals surface area contributed by atoms with Gasteiger partial charge in [0.15, 0.2) is 5.78 Å². The van der Waals surface area contributed by atoms with Crippen LogP contribution in [-0.2, 0) is 27.2 Å². The molecule has 2 amide bonds. The number of benzene rings is 1. The lowest BCUT2D eigenvalue weighted by Gasteiger charge is -2.32. The van der Waals surface area contributed by atoms with Crippen molar-refractivity contribution in [2.24, 2.45) is 11.8 Å². The van der Waals surface area contributed by atoms with E-state index in [1.807, 2.05) is 6.07 Å². The van der Waals surface area contributed by atoms with Crippen LogP contribution < -0.4 is 10.6 Å². The van der Waals surface area contributed by atoms with Gasteiger partial charge in [-0.1, -0.05) is 39.8 Å². The number of aromatic nitrogens is 1. The number of nitrogens with one attached hydrogen (secondary N) is 2. The number of rotatable bonds is 15. The highest BCUT2D eigenvalue weighted by molar-refractivity contribution is 7.18. The number of hydrogen-bond acceptors (Lipinski definition) is 7. The first kappa shape index (κ1) is 31.9. The molecule has 1 aliphatic rings. The molecule has 2 heterocycles. The van der Waals surface area contributed by atoms with E-state index >= 15 is 0 Å². The van der Waals surface area contributed by atoms with Crippen molar-refractivity contribution >= 4 is 39.2 Å². The van der Waals surface area contributed by atoms with Crippen LogP contribution in [0.15, 0.2) is 30.4 Å². The van der Waals surface area contributed by atoms with Crippen LogP contribution in [0.4, 0.5) is 0 Å². The standard InChI is InChI=1S/C31H47N5O3S/c1-7-21(3)25(11-12-27(37)22(4)20-36-15-13-35(6)14-16-36)34-31(39)24(18-29(38)32-5)19-30-33-26-10-9-23(8-2)17-28(26)40-30/h9-10,17,21,24-25H,4,7-8,11-16,18-20H2,1-3,5-6H3,(H,32,38)(H,34,39)/t21-,24-,25+/m0/s1. The molecule has 0 bridgehead atoms. The van der Waals surface area contributed by atoms with E-state index in [0.29, 0.717) is 31.4 Å². The van der Waals surface area contributed by atoms with Gasteiger partial charge in [-0.2, -0.15) is 0 Å². The molecule has 0 spiro atoms. The van der Waals surface area contributed by atoms with E-state index in [0.717, 1.165) is 54.2 Å². The van der Waals surface area contributed by atoms with Crippen molar-refractivity contribution in [3.05, 3.63) is 40.9 Å². The summed E-state index contributed by atoms with van der Waals surface area (Å²) in [6.07, 6.45) is 3.21. The molecule has 40 heavy (non-hydrogen) atoms. The number of Topliss-reactive ketones (excluding diaryl/α,β-unsaturated/α-hetero) is 1. The average molecular weight is 570 g/mol. The van der Waals surface area contributed by atoms with Crippen LogP contribution in [0.1, 0.15) is 57.0 Å². The molecule has 2 N–H and O–H groups in total. The molecule has 1 aromatic carbocycles. The number of carbonyl (C=O) groups excluding carboxylic acids is 3. The van der Waals surface area contributed by atoms with Gasteiger partial charge in [0.05, 0.1) is 21.1 Å². The molecule has 0 radical (unpaired) electrons. The Morgan fingerprint density at radius 2 is 1.88 bits per heavy atom. The summed E-state index contributed by atoms with van der Waals surface area (Å²) in [5.41, 5.74) is 2.81. The Balaban J connectivity index is 1.64. The van der Waals surface area contributed by atoms with Crippen LogP contribution in [0.2, 0.25) is 0 Å². The summed E-state index contributed by atoms with van der Waals surface area (Å²) in [4.78, 5) is 48.2. The van der Waals surface area contributed by atoms with E-state index in [1.54, 1.807) is 18.4 Å². The topological polar surface area (TPSA) is 94.6 Å². The lowest BCUT2D eigenvalue weighted by Crippen LogP contribution is -2.45. The third kappa shape index (κ3) is 9.21. The zero-order chi connectivity index (χ0) is 29.2. The average Bonchev–Trinajstić information content (AvgIpc) is 3.36. The highest BCUT2D eigenvalue weighted by Gasteiger charge is 2.28. The molecule has 9 heteroatoms. The smallest absolute Gasteiger partial charge is 0.224 e. The Labute approximate surface area is 243 Å². The second-order valence-corrected chi connectivity index (χ2v) is 12.3. The molecule has 1 aromatic heterocycles. The molecule has 220 valence electrons. The van der Waals surface area contributed by atoms with Gasteiger partial charge < -0.3 is 15.5 Å². The van der Waals surface area contributed by atoms with Crippen LogP contribution in [0.5, 0.6) is 0 Å². The minimum absolute atomic E-state index is 0.0596. The summed E-state index contributed by atoms with van der Waals surface area (Å²) >= 11 is 1.58. The molecule has 3 rings (SSSR count). The summed E-state index contributed by atoms with van der Waals surface area (Å²) in [6.45, 7) is 14.9. The Morgan fingerprint density at radius 1 is 1.15 bits per heavy atom. The summed E-state index contributed by atoms with van der Waals surface area (Å²) in [5, 5.41) is 6.72. The van der Waals surface area contributed by atoms with Crippen molar-refractivity contribution in [3.8, 4) is 0 Å². The maximum Gasteiger partial charge on any atom is 0.224 e.